The maximum Gasteiger partial charge on any atom is 0.302 e. The average molecular weight is 353 g/mol. The van der Waals surface area contributed by atoms with Crippen molar-refractivity contribution < 1.29 is 14.6 Å². The molecule has 1 aliphatic carbocycles. The van der Waals surface area contributed by atoms with Crippen LogP contribution in [0, 0.1) is 0 Å². The minimum atomic E-state index is -0.667. The molecule has 3 rings (SSSR count). The Morgan fingerprint density at radius 2 is 1.54 bits per heavy atom. The molecule has 2 aromatic rings. The van der Waals surface area contributed by atoms with Crippen LogP contribution in [0.1, 0.15) is 37.3 Å². The van der Waals surface area contributed by atoms with Gasteiger partial charge in [0.1, 0.15) is 12.2 Å². The quantitative estimate of drug-likeness (QED) is 0.807. The van der Waals surface area contributed by atoms with Gasteiger partial charge in [0, 0.05) is 26.1 Å². The number of hydrogen-bond acceptors (Lipinski definition) is 4. The molecule has 0 spiro atoms. The molecule has 1 fully saturated rings. The molecule has 0 radical (unpaired) electrons. The summed E-state index contributed by atoms with van der Waals surface area (Å²) >= 11 is 0. The molecule has 0 amide bonds. The lowest BCUT2D eigenvalue weighted by Crippen LogP contribution is -2.51. The Morgan fingerprint density at radius 3 is 2.04 bits per heavy atom. The molecule has 1 N–H and O–H groups in total. The summed E-state index contributed by atoms with van der Waals surface area (Å²) in [6.45, 7) is 2.91. The number of hydrogen-bond donors (Lipinski definition) is 1. The third-order valence-electron chi connectivity index (χ3n) is 5.01. The van der Waals surface area contributed by atoms with Gasteiger partial charge >= 0.3 is 5.97 Å². The summed E-state index contributed by atoms with van der Waals surface area (Å²) < 4.78 is 5.37. The van der Waals surface area contributed by atoms with E-state index >= 15 is 0 Å². The summed E-state index contributed by atoms with van der Waals surface area (Å²) in [5.41, 5.74) is 2.43. The maximum absolute atomic E-state index is 11.4. The van der Waals surface area contributed by atoms with Crippen molar-refractivity contribution in [3.8, 4) is 0 Å². The van der Waals surface area contributed by atoms with Crippen molar-refractivity contribution in [1.29, 1.82) is 0 Å². The zero-order chi connectivity index (χ0) is 18.4. The van der Waals surface area contributed by atoms with Crippen molar-refractivity contribution >= 4 is 5.97 Å². The number of carbonyl (C=O) groups excluding carboxylic acids is 1. The van der Waals surface area contributed by atoms with Gasteiger partial charge in [-0.3, -0.25) is 9.69 Å². The smallest absolute Gasteiger partial charge is 0.302 e. The Balaban J connectivity index is 1.80. The van der Waals surface area contributed by atoms with Crippen LogP contribution < -0.4 is 0 Å². The lowest BCUT2D eigenvalue weighted by molar-refractivity contribution is -0.159. The SMILES string of the molecule is CC(=O)O[C@@H]1CCC[C@@H](N(Cc2ccccc2)Cc2ccccc2)[C@H]1O. The van der Waals surface area contributed by atoms with E-state index < -0.39 is 12.2 Å². The highest BCUT2D eigenvalue weighted by molar-refractivity contribution is 5.66. The fourth-order valence-electron chi connectivity index (χ4n) is 3.78. The molecule has 1 aliphatic rings. The molecule has 0 unspecified atom stereocenters. The number of esters is 1. The van der Waals surface area contributed by atoms with E-state index in [-0.39, 0.29) is 12.0 Å². The highest BCUT2D eigenvalue weighted by Gasteiger charge is 2.37. The van der Waals surface area contributed by atoms with Crippen molar-refractivity contribution in [3.63, 3.8) is 0 Å². The first kappa shape index (κ1) is 18.6. The van der Waals surface area contributed by atoms with Crippen LogP contribution in [0.25, 0.3) is 0 Å². The van der Waals surface area contributed by atoms with Crippen LogP contribution in [0.15, 0.2) is 60.7 Å². The van der Waals surface area contributed by atoms with E-state index in [4.69, 9.17) is 4.74 Å². The summed E-state index contributed by atoms with van der Waals surface area (Å²) in [4.78, 5) is 13.7. The monoisotopic (exact) mass is 353 g/mol. The zero-order valence-electron chi connectivity index (χ0n) is 15.3. The van der Waals surface area contributed by atoms with E-state index in [2.05, 4.69) is 29.2 Å². The summed E-state index contributed by atoms with van der Waals surface area (Å²) in [5.74, 6) is -0.327. The fraction of sp³-hybridized carbons (Fsp3) is 0.409. The van der Waals surface area contributed by atoms with E-state index in [9.17, 15) is 9.90 Å². The van der Waals surface area contributed by atoms with Gasteiger partial charge in [-0.2, -0.15) is 0 Å². The van der Waals surface area contributed by atoms with Crippen LogP contribution in [0.4, 0.5) is 0 Å². The lowest BCUT2D eigenvalue weighted by Gasteiger charge is -2.41. The van der Waals surface area contributed by atoms with Gasteiger partial charge in [-0.05, 0) is 30.4 Å². The van der Waals surface area contributed by atoms with E-state index in [1.807, 2.05) is 36.4 Å². The van der Waals surface area contributed by atoms with Gasteiger partial charge < -0.3 is 9.84 Å². The number of aliphatic hydroxyl groups is 1. The van der Waals surface area contributed by atoms with Crippen LogP contribution in [0.3, 0.4) is 0 Å². The largest absolute Gasteiger partial charge is 0.460 e. The van der Waals surface area contributed by atoms with Crippen LogP contribution in [0.5, 0.6) is 0 Å². The Bertz CT molecular complexity index is 648. The maximum atomic E-state index is 11.4. The normalized spacial score (nSPS) is 23.0. The highest BCUT2D eigenvalue weighted by Crippen LogP contribution is 2.28. The number of carbonyl (C=O) groups is 1. The third-order valence-corrected chi connectivity index (χ3v) is 5.01. The van der Waals surface area contributed by atoms with Crippen LogP contribution in [0.2, 0.25) is 0 Å². The molecule has 0 aliphatic heterocycles. The van der Waals surface area contributed by atoms with Crippen molar-refractivity contribution in [2.24, 2.45) is 0 Å². The van der Waals surface area contributed by atoms with Crippen molar-refractivity contribution in [2.45, 2.75) is 57.5 Å². The number of nitrogens with zero attached hydrogens (tertiary/aromatic N) is 1. The fourth-order valence-corrected chi connectivity index (χ4v) is 3.78. The van der Waals surface area contributed by atoms with E-state index in [0.29, 0.717) is 0 Å². The molecule has 0 saturated heterocycles. The Hall–Kier alpha value is -2.17. The second-order valence-corrected chi connectivity index (χ2v) is 7.01. The predicted octanol–water partition coefficient (Wildman–Crippen LogP) is 3.53. The van der Waals surface area contributed by atoms with E-state index in [0.717, 1.165) is 32.4 Å². The molecule has 1 saturated carbocycles. The summed E-state index contributed by atoms with van der Waals surface area (Å²) in [5, 5.41) is 10.9. The van der Waals surface area contributed by atoms with Crippen molar-refractivity contribution in [1.82, 2.24) is 4.90 Å². The van der Waals surface area contributed by atoms with Crippen LogP contribution in [-0.4, -0.2) is 34.2 Å². The van der Waals surface area contributed by atoms with Gasteiger partial charge in [-0.15, -0.1) is 0 Å². The van der Waals surface area contributed by atoms with Gasteiger partial charge in [-0.25, -0.2) is 0 Å². The third kappa shape index (κ3) is 4.93. The predicted molar refractivity (Wildman–Crippen MR) is 101 cm³/mol. The van der Waals surface area contributed by atoms with E-state index in [1.54, 1.807) is 0 Å². The van der Waals surface area contributed by atoms with Gasteiger partial charge in [0.05, 0.1) is 0 Å². The lowest BCUT2D eigenvalue weighted by atomic mass is 9.88. The molecule has 2 aromatic carbocycles. The molecular weight excluding hydrogens is 326 g/mol. The van der Waals surface area contributed by atoms with Crippen LogP contribution >= 0.6 is 0 Å². The minimum absolute atomic E-state index is 0.0338. The highest BCUT2D eigenvalue weighted by atomic mass is 16.6. The summed E-state index contributed by atoms with van der Waals surface area (Å²) in [6, 6.07) is 20.6. The van der Waals surface area contributed by atoms with Gasteiger partial charge in [0.25, 0.3) is 0 Å². The topological polar surface area (TPSA) is 49.8 Å². The average Bonchev–Trinajstić information content (AvgIpc) is 2.64. The second-order valence-electron chi connectivity index (χ2n) is 7.01. The second kappa shape index (κ2) is 8.97. The Labute approximate surface area is 155 Å². The van der Waals surface area contributed by atoms with E-state index in [1.165, 1.54) is 18.1 Å². The minimum Gasteiger partial charge on any atom is -0.460 e. The summed E-state index contributed by atoms with van der Waals surface area (Å²) in [6.07, 6.45) is 1.49. The Morgan fingerprint density at radius 1 is 1.00 bits per heavy atom. The molecule has 26 heavy (non-hydrogen) atoms. The van der Waals surface area contributed by atoms with Crippen molar-refractivity contribution in [2.75, 3.05) is 0 Å². The molecular formula is C22H27NO3. The molecule has 3 atom stereocenters. The molecule has 0 heterocycles. The van der Waals surface area contributed by atoms with Crippen molar-refractivity contribution in [3.05, 3.63) is 71.8 Å². The molecule has 0 bridgehead atoms. The molecule has 138 valence electrons. The van der Waals surface area contributed by atoms with Crippen LogP contribution in [-0.2, 0) is 22.6 Å². The first-order valence-corrected chi connectivity index (χ1v) is 9.30. The number of aliphatic hydroxyl groups excluding tert-OH is 1. The first-order chi connectivity index (χ1) is 12.6. The number of ether oxygens (including phenoxy) is 1. The van der Waals surface area contributed by atoms with Gasteiger partial charge in [0.2, 0.25) is 0 Å². The standard InChI is InChI=1S/C22H27NO3/c1-17(24)26-21-14-8-13-20(22(21)25)23(15-18-9-4-2-5-10-18)16-19-11-6-3-7-12-19/h2-7,9-12,20-22,25H,8,13-16H2,1H3/t20-,21-,22-/m1/s1. The molecule has 0 aromatic heterocycles. The number of rotatable bonds is 6. The first-order valence-electron chi connectivity index (χ1n) is 9.30. The zero-order valence-corrected chi connectivity index (χ0v) is 15.3. The molecule has 4 nitrogen and oxygen atoms in total. The molecule has 4 heteroatoms. The Kier molecular flexibility index (Phi) is 6.42. The number of benzene rings is 2. The van der Waals surface area contributed by atoms with Gasteiger partial charge in [0.15, 0.2) is 0 Å². The summed E-state index contributed by atoms with van der Waals surface area (Å²) in [7, 11) is 0. The van der Waals surface area contributed by atoms with Gasteiger partial charge in [-0.1, -0.05) is 60.7 Å².